The molecule has 1 heteroatoms. The van der Waals surface area contributed by atoms with E-state index in [4.69, 9.17) is 9.90 Å². The van der Waals surface area contributed by atoms with Crippen molar-refractivity contribution in [3.05, 3.63) is 182 Å². The Morgan fingerprint density at radius 2 is 0.922 bits per heavy atom. The first-order valence-corrected chi connectivity index (χ1v) is 16.9. The minimum Gasteiger partial charge on any atom is -0.455 e. The minimum atomic E-state index is -0.430. The van der Waals surface area contributed by atoms with E-state index in [1.807, 2.05) is 97.1 Å². The van der Waals surface area contributed by atoms with Crippen LogP contribution in [0.5, 0.6) is 0 Å². The number of rotatable bonds is 3. The van der Waals surface area contributed by atoms with E-state index in [2.05, 4.69) is 36.4 Å². The third-order valence-corrected chi connectivity index (χ3v) is 10.3. The first-order valence-electron chi connectivity index (χ1n) is 20.9. The van der Waals surface area contributed by atoms with Crippen LogP contribution < -0.4 is 0 Å². The van der Waals surface area contributed by atoms with E-state index < -0.39 is 24.2 Å². The fourth-order valence-corrected chi connectivity index (χ4v) is 8.07. The first kappa shape index (κ1) is 21.4. The Balaban J connectivity index is 1.30. The molecule has 0 aliphatic heterocycles. The van der Waals surface area contributed by atoms with Crippen molar-refractivity contribution in [2.24, 2.45) is 0 Å². The average Bonchev–Trinajstić information content (AvgIpc) is 3.67. The Morgan fingerprint density at radius 3 is 1.67 bits per heavy atom. The topological polar surface area (TPSA) is 13.1 Å². The van der Waals surface area contributed by atoms with Crippen molar-refractivity contribution in [1.82, 2.24) is 0 Å². The zero-order valence-corrected chi connectivity index (χ0v) is 27.1. The fraction of sp³-hybridized carbons (Fsp3) is 0. The molecule has 0 fully saturated rings. The predicted molar refractivity (Wildman–Crippen MR) is 218 cm³/mol. The molecule has 11 rings (SSSR count). The predicted octanol–water partition coefficient (Wildman–Crippen LogP) is 14.4. The summed E-state index contributed by atoms with van der Waals surface area (Å²) in [5.41, 5.74) is 5.22. The van der Waals surface area contributed by atoms with E-state index >= 15 is 0 Å². The van der Waals surface area contributed by atoms with Crippen molar-refractivity contribution in [1.29, 1.82) is 0 Å². The van der Waals surface area contributed by atoms with E-state index in [1.54, 1.807) is 0 Å². The zero-order valence-electron chi connectivity index (χ0n) is 35.1. The summed E-state index contributed by atoms with van der Waals surface area (Å²) in [5.74, 6) is 0. The lowest BCUT2D eigenvalue weighted by Gasteiger charge is -2.19. The van der Waals surface area contributed by atoms with Crippen LogP contribution in [0.15, 0.2) is 186 Å². The molecule has 0 unspecified atom stereocenters. The Kier molecular flexibility index (Phi) is 4.57. The maximum atomic E-state index is 9.49. The second-order valence-corrected chi connectivity index (χ2v) is 13.0. The normalized spacial score (nSPS) is 14.1. The molecular weight excluding hydrogens is 617 g/mol. The van der Waals surface area contributed by atoms with Gasteiger partial charge in [-0.2, -0.15) is 0 Å². The van der Waals surface area contributed by atoms with Gasteiger partial charge in [0.1, 0.15) is 11.2 Å². The summed E-state index contributed by atoms with van der Waals surface area (Å²) in [4.78, 5) is 0. The lowest BCUT2D eigenvalue weighted by atomic mass is 9.84. The lowest BCUT2D eigenvalue weighted by Crippen LogP contribution is -1.92. The van der Waals surface area contributed by atoms with E-state index in [0.29, 0.717) is 22.3 Å². The van der Waals surface area contributed by atoms with E-state index in [-0.39, 0.29) is 45.7 Å². The van der Waals surface area contributed by atoms with Gasteiger partial charge in [0.15, 0.2) is 0 Å². The molecule has 0 aliphatic rings. The molecule has 0 N–H and O–H groups in total. The highest BCUT2D eigenvalue weighted by Gasteiger charge is 2.20. The van der Waals surface area contributed by atoms with Crippen LogP contribution in [0.4, 0.5) is 0 Å². The maximum absolute atomic E-state index is 9.49. The molecule has 0 spiro atoms. The summed E-state index contributed by atoms with van der Waals surface area (Å²) < 4.78 is 80.0. The van der Waals surface area contributed by atoms with Crippen LogP contribution in [-0.4, -0.2) is 0 Å². The summed E-state index contributed by atoms with van der Waals surface area (Å²) >= 11 is 0. The van der Waals surface area contributed by atoms with E-state index in [0.717, 1.165) is 65.4 Å². The Bertz CT molecular complexity index is 3580. The smallest absolute Gasteiger partial charge is 0.143 e. The average molecular weight is 655 g/mol. The molecule has 0 saturated carbocycles. The molecule has 0 atom stereocenters. The molecule has 0 amide bonds. The van der Waals surface area contributed by atoms with Crippen LogP contribution in [0.25, 0.3) is 109 Å². The summed E-state index contributed by atoms with van der Waals surface area (Å²) in [6, 6.07) is 40.7. The summed E-state index contributed by atoms with van der Waals surface area (Å²) in [6.45, 7) is 0. The van der Waals surface area contributed by atoms with Crippen LogP contribution >= 0.6 is 0 Å². The van der Waals surface area contributed by atoms with Crippen molar-refractivity contribution < 1.29 is 15.4 Å². The Hall–Kier alpha value is -6.70. The molecule has 10 aromatic carbocycles. The van der Waals surface area contributed by atoms with Crippen molar-refractivity contribution >= 4 is 75.8 Å². The van der Waals surface area contributed by atoms with Gasteiger partial charge in [0, 0.05) is 16.2 Å². The van der Waals surface area contributed by atoms with Crippen LogP contribution in [0.3, 0.4) is 0 Å². The van der Waals surface area contributed by atoms with E-state index in [9.17, 15) is 5.48 Å². The van der Waals surface area contributed by atoms with Crippen molar-refractivity contribution in [2.45, 2.75) is 0 Å². The highest BCUT2D eigenvalue weighted by Crippen LogP contribution is 2.47. The van der Waals surface area contributed by atoms with Crippen molar-refractivity contribution in [3.63, 3.8) is 0 Å². The minimum absolute atomic E-state index is 0.183. The van der Waals surface area contributed by atoms with Crippen LogP contribution in [0.1, 0.15) is 11.0 Å². The molecule has 236 valence electrons. The monoisotopic (exact) mass is 654 g/mol. The quantitative estimate of drug-likeness (QED) is 0.173. The van der Waals surface area contributed by atoms with Crippen molar-refractivity contribution in [2.75, 3.05) is 0 Å². The second kappa shape index (κ2) is 10.9. The number of benzene rings is 10. The standard InChI is InChI=1S/C50H30O/c1-3-16-35-31(12-1)14-10-23-38(35)48-42-20-7-5-18-40(42)47(41-19-6-8-21-43(41)48)34-27-26-33-15-9-22-37(45(33)30-34)39-24-11-25-46-49(39)44-29-28-32-13-2-4-17-36(32)50(44)51-46/h1-30H/i5D,6D,7D,8D,18D,19D,20D,21D. The number of fused-ring (bicyclic) bond motifs is 9. The summed E-state index contributed by atoms with van der Waals surface area (Å²) in [7, 11) is 0. The number of hydrogen-bond donors (Lipinski definition) is 0. The maximum Gasteiger partial charge on any atom is 0.143 e. The molecule has 0 aliphatic carbocycles. The highest BCUT2D eigenvalue weighted by molar-refractivity contribution is 6.25. The van der Waals surface area contributed by atoms with Gasteiger partial charge in [-0.15, -0.1) is 0 Å². The Morgan fingerprint density at radius 1 is 0.373 bits per heavy atom. The molecule has 11 aromatic rings. The molecule has 51 heavy (non-hydrogen) atoms. The van der Waals surface area contributed by atoms with Crippen molar-refractivity contribution in [3.8, 4) is 33.4 Å². The third kappa shape index (κ3) is 4.16. The van der Waals surface area contributed by atoms with Gasteiger partial charge in [-0.25, -0.2) is 0 Å². The summed E-state index contributed by atoms with van der Waals surface area (Å²) in [6.07, 6.45) is 0. The number of hydrogen-bond acceptors (Lipinski definition) is 1. The van der Waals surface area contributed by atoms with Gasteiger partial charge in [0.25, 0.3) is 0 Å². The van der Waals surface area contributed by atoms with Gasteiger partial charge < -0.3 is 4.42 Å². The molecule has 1 aromatic heterocycles. The highest BCUT2D eigenvalue weighted by atomic mass is 16.3. The van der Waals surface area contributed by atoms with Crippen LogP contribution in [0.2, 0.25) is 0 Å². The van der Waals surface area contributed by atoms with Crippen LogP contribution in [-0.2, 0) is 0 Å². The molecule has 1 nitrogen and oxygen atoms in total. The second-order valence-electron chi connectivity index (χ2n) is 13.0. The molecule has 1 heterocycles. The van der Waals surface area contributed by atoms with Gasteiger partial charge in [0.2, 0.25) is 0 Å². The lowest BCUT2D eigenvalue weighted by molar-refractivity contribution is 0.673. The zero-order chi connectivity index (χ0) is 40.4. The van der Waals surface area contributed by atoms with Gasteiger partial charge in [-0.3, -0.25) is 0 Å². The van der Waals surface area contributed by atoms with Gasteiger partial charge in [-0.05, 0) is 100 Å². The molecular formula is C50H30O. The molecule has 0 bridgehead atoms. The third-order valence-electron chi connectivity index (χ3n) is 10.3. The number of furan rings is 1. The molecule has 0 radical (unpaired) electrons. The van der Waals surface area contributed by atoms with Gasteiger partial charge in [-0.1, -0.05) is 164 Å². The fourth-order valence-electron chi connectivity index (χ4n) is 8.07. The summed E-state index contributed by atoms with van der Waals surface area (Å²) in [5, 5.41) is 8.24. The molecule has 0 saturated heterocycles. The van der Waals surface area contributed by atoms with Gasteiger partial charge in [0.05, 0.1) is 11.0 Å². The van der Waals surface area contributed by atoms with Gasteiger partial charge >= 0.3 is 0 Å². The Labute approximate surface area is 305 Å². The van der Waals surface area contributed by atoms with E-state index in [1.165, 1.54) is 0 Å². The van der Waals surface area contributed by atoms with Crippen LogP contribution in [0, 0.1) is 0 Å². The SMILES string of the molecule is [2H]c1c([2H])c([2H])c2c(-c3cccc4ccccc34)c3c([2H])c([2H])c([2H])c([2H])c3c(-c3ccc4cccc(-c5cccc6oc7c8ccccc8ccc7c56)c4c3)c2c1[2H]. The first-order chi connectivity index (χ1) is 28.6. The largest absolute Gasteiger partial charge is 0.455 e.